The number of fused-ring (bicyclic) bond motifs is 3. The normalized spacial score (nSPS) is 13.0. The molecule has 0 saturated heterocycles. The van der Waals surface area contributed by atoms with E-state index in [4.69, 9.17) is 14.2 Å². The predicted octanol–water partition coefficient (Wildman–Crippen LogP) is 8.46. The minimum atomic E-state index is -0.845. The Balaban J connectivity index is 1.34. The minimum absolute atomic E-state index is 0.0705. The van der Waals surface area contributed by atoms with E-state index < -0.39 is 41.1 Å². The second-order valence-corrected chi connectivity index (χ2v) is 15.3. The van der Waals surface area contributed by atoms with Crippen LogP contribution in [0.25, 0.3) is 11.1 Å². The fraction of sp³-hybridized carbons (Fsp3) is 0.300. The maximum atomic E-state index is 13.9. The number of nitrogens with one attached hydrogen (secondary N) is 2. The molecule has 1 aliphatic carbocycles. The zero-order chi connectivity index (χ0) is 36.2. The number of hydrogen-bond acceptors (Lipinski definition) is 7. The number of halogens is 1. The lowest BCUT2D eigenvalue weighted by Gasteiger charge is -2.22. The largest absolute Gasteiger partial charge is 0.456 e. The summed E-state index contributed by atoms with van der Waals surface area (Å²) in [5.41, 5.74) is 3.84. The SMILES string of the molecule is CC(C)(C)OC(=O)c1cc(NC(=O)C(CNC(=O)OCC2c3ccccc3-c3ccccc32)c2ccc(I)cc2)cc(C(=O)OC(C)(C)C)c1. The van der Waals surface area contributed by atoms with E-state index in [2.05, 4.69) is 45.4 Å². The van der Waals surface area contributed by atoms with Crippen LogP contribution in [-0.2, 0) is 19.0 Å². The van der Waals surface area contributed by atoms with Gasteiger partial charge in [-0.15, -0.1) is 0 Å². The summed E-state index contributed by atoms with van der Waals surface area (Å²) < 4.78 is 17.8. The molecule has 1 aliphatic rings. The Morgan fingerprint density at radius 1 is 0.720 bits per heavy atom. The van der Waals surface area contributed by atoms with Crippen LogP contribution in [0.2, 0.25) is 0 Å². The summed E-state index contributed by atoms with van der Waals surface area (Å²) in [6, 6.07) is 27.8. The number of anilines is 1. The van der Waals surface area contributed by atoms with Crippen LogP contribution in [0.1, 0.15) is 90.8 Å². The number of hydrogen-bond donors (Lipinski definition) is 2. The molecule has 5 rings (SSSR count). The number of benzene rings is 4. The average Bonchev–Trinajstić information content (AvgIpc) is 3.36. The first-order valence-electron chi connectivity index (χ1n) is 16.3. The van der Waals surface area contributed by atoms with Crippen LogP contribution >= 0.6 is 22.6 Å². The van der Waals surface area contributed by atoms with E-state index in [1.807, 2.05) is 60.7 Å². The van der Waals surface area contributed by atoms with E-state index in [9.17, 15) is 19.2 Å². The number of esters is 2. The summed E-state index contributed by atoms with van der Waals surface area (Å²) in [6.45, 7) is 10.5. The van der Waals surface area contributed by atoms with E-state index >= 15 is 0 Å². The van der Waals surface area contributed by atoms with Crippen molar-refractivity contribution in [3.8, 4) is 11.1 Å². The molecule has 1 atom stereocenters. The maximum Gasteiger partial charge on any atom is 0.407 e. The topological polar surface area (TPSA) is 120 Å². The van der Waals surface area contributed by atoms with Crippen molar-refractivity contribution in [3.05, 3.63) is 122 Å². The van der Waals surface area contributed by atoms with Gasteiger partial charge in [0.25, 0.3) is 0 Å². The summed E-state index contributed by atoms with van der Waals surface area (Å²) in [4.78, 5) is 53.2. The Bertz CT molecular complexity index is 1820. The standard InChI is InChI=1S/C40H41IN2O7/c1-39(2,3)49-36(45)25-19-26(37(46)50-40(4,5)6)21-28(20-25)43-35(44)33(24-15-17-27(41)18-16-24)22-42-38(47)48-23-34-31-13-9-7-11-29(31)30-12-8-10-14-32(30)34/h7-21,33-34H,22-23H2,1-6H3,(H,42,47)(H,43,44). The Kier molecular flexibility index (Phi) is 11.0. The molecule has 1 unspecified atom stereocenters. The Labute approximate surface area is 306 Å². The van der Waals surface area contributed by atoms with Crippen molar-refractivity contribution in [2.75, 3.05) is 18.5 Å². The monoisotopic (exact) mass is 788 g/mol. The van der Waals surface area contributed by atoms with Gasteiger partial charge in [-0.25, -0.2) is 14.4 Å². The number of carbonyl (C=O) groups excluding carboxylic acids is 4. The van der Waals surface area contributed by atoms with Crippen LogP contribution in [0.15, 0.2) is 91.0 Å². The van der Waals surface area contributed by atoms with Crippen molar-refractivity contribution in [2.45, 2.75) is 64.6 Å². The third kappa shape index (κ3) is 9.29. The van der Waals surface area contributed by atoms with Crippen molar-refractivity contribution in [1.82, 2.24) is 5.32 Å². The van der Waals surface area contributed by atoms with E-state index in [0.29, 0.717) is 5.56 Å². The van der Waals surface area contributed by atoms with Gasteiger partial charge in [0.2, 0.25) is 5.91 Å². The van der Waals surface area contributed by atoms with Gasteiger partial charge in [0.15, 0.2) is 0 Å². The van der Waals surface area contributed by atoms with Gasteiger partial charge in [-0.1, -0.05) is 60.7 Å². The first-order chi connectivity index (χ1) is 23.6. The van der Waals surface area contributed by atoms with Crippen LogP contribution < -0.4 is 10.6 Å². The smallest absolute Gasteiger partial charge is 0.407 e. The van der Waals surface area contributed by atoms with Crippen LogP contribution in [0.3, 0.4) is 0 Å². The molecule has 0 aliphatic heterocycles. The molecule has 4 aromatic rings. The molecule has 50 heavy (non-hydrogen) atoms. The highest BCUT2D eigenvalue weighted by atomic mass is 127. The molecule has 2 amide bonds. The van der Waals surface area contributed by atoms with Crippen molar-refractivity contribution in [1.29, 1.82) is 0 Å². The Morgan fingerprint density at radius 2 is 1.22 bits per heavy atom. The molecular weight excluding hydrogens is 747 g/mol. The molecule has 0 spiro atoms. The zero-order valence-corrected chi connectivity index (χ0v) is 31.1. The third-order valence-corrected chi connectivity index (χ3v) is 8.57. The Hall–Kier alpha value is -4.71. The highest BCUT2D eigenvalue weighted by Crippen LogP contribution is 2.44. The molecule has 260 valence electrons. The quantitative estimate of drug-likeness (QED) is 0.0993. The van der Waals surface area contributed by atoms with Crippen LogP contribution in [0, 0.1) is 3.57 Å². The number of ether oxygens (including phenoxy) is 3. The summed E-state index contributed by atoms with van der Waals surface area (Å²) in [5.74, 6) is -2.75. The van der Waals surface area contributed by atoms with Gasteiger partial charge in [-0.3, -0.25) is 4.79 Å². The molecule has 0 bridgehead atoms. The van der Waals surface area contributed by atoms with Gasteiger partial charge >= 0.3 is 18.0 Å². The van der Waals surface area contributed by atoms with Crippen molar-refractivity contribution in [2.24, 2.45) is 0 Å². The molecule has 10 heteroatoms. The summed E-state index contributed by atoms with van der Waals surface area (Å²) >= 11 is 2.18. The molecule has 0 fully saturated rings. The predicted molar refractivity (Wildman–Crippen MR) is 200 cm³/mol. The van der Waals surface area contributed by atoms with Crippen molar-refractivity contribution < 1.29 is 33.4 Å². The van der Waals surface area contributed by atoms with Gasteiger partial charge in [0, 0.05) is 21.7 Å². The lowest BCUT2D eigenvalue weighted by atomic mass is 9.97. The number of rotatable bonds is 9. The van der Waals surface area contributed by atoms with E-state index in [1.165, 1.54) is 18.2 Å². The second kappa shape index (κ2) is 15.0. The fourth-order valence-electron chi connectivity index (χ4n) is 5.73. The number of alkyl carbamates (subject to hydrolysis) is 1. The fourth-order valence-corrected chi connectivity index (χ4v) is 6.09. The molecule has 4 aromatic carbocycles. The molecular formula is C40H41IN2O7. The third-order valence-electron chi connectivity index (χ3n) is 7.85. The van der Waals surface area contributed by atoms with Crippen LogP contribution in [0.5, 0.6) is 0 Å². The minimum Gasteiger partial charge on any atom is -0.456 e. The van der Waals surface area contributed by atoms with Gasteiger partial charge in [-0.2, -0.15) is 0 Å². The highest BCUT2D eigenvalue weighted by molar-refractivity contribution is 14.1. The first-order valence-corrected chi connectivity index (χ1v) is 17.4. The van der Waals surface area contributed by atoms with Gasteiger partial charge < -0.3 is 24.8 Å². The van der Waals surface area contributed by atoms with E-state index in [1.54, 1.807) is 41.5 Å². The highest BCUT2D eigenvalue weighted by Gasteiger charge is 2.30. The van der Waals surface area contributed by atoms with E-state index in [0.717, 1.165) is 25.8 Å². The van der Waals surface area contributed by atoms with Crippen LogP contribution in [-0.4, -0.2) is 48.3 Å². The van der Waals surface area contributed by atoms with E-state index in [-0.39, 0.29) is 35.9 Å². The van der Waals surface area contributed by atoms with Crippen LogP contribution in [0.4, 0.5) is 10.5 Å². The van der Waals surface area contributed by atoms with Gasteiger partial charge in [0.1, 0.15) is 17.8 Å². The molecule has 0 aromatic heterocycles. The molecule has 0 saturated carbocycles. The average molecular weight is 789 g/mol. The molecule has 0 heterocycles. The first kappa shape index (κ1) is 36.6. The maximum absolute atomic E-state index is 13.9. The zero-order valence-electron chi connectivity index (χ0n) is 29.0. The molecule has 2 N–H and O–H groups in total. The molecule has 0 radical (unpaired) electrons. The van der Waals surface area contributed by atoms with Crippen molar-refractivity contribution in [3.63, 3.8) is 0 Å². The van der Waals surface area contributed by atoms with Crippen molar-refractivity contribution >= 4 is 52.2 Å². The van der Waals surface area contributed by atoms with Gasteiger partial charge in [-0.05, 0) is 122 Å². The lowest BCUT2D eigenvalue weighted by molar-refractivity contribution is -0.117. The number of carbonyl (C=O) groups is 4. The second-order valence-electron chi connectivity index (χ2n) is 14.1. The Morgan fingerprint density at radius 3 is 1.72 bits per heavy atom. The lowest BCUT2D eigenvalue weighted by Crippen LogP contribution is -2.35. The summed E-state index contributed by atoms with van der Waals surface area (Å²) in [5, 5.41) is 5.62. The van der Waals surface area contributed by atoms with Gasteiger partial charge in [0.05, 0.1) is 17.0 Å². The summed E-state index contributed by atoms with van der Waals surface area (Å²) in [6.07, 6.45) is -0.658. The molecule has 9 nitrogen and oxygen atoms in total. The number of amides is 2. The summed E-state index contributed by atoms with van der Waals surface area (Å²) in [7, 11) is 0.